The third-order valence-corrected chi connectivity index (χ3v) is 5.37. The van der Waals surface area contributed by atoms with Gasteiger partial charge in [-0.3, -0.25) is 0 Å². The number of unbranched alkanes of at least 4 members (excludes halogenated alkanes) is 4. The Kier molecular flexibility index (Phi) is 10.6. The Bertz CT molecular complexity index is 304. The van der Waals surface area contributed by atoms with E-state index in [2.05, 4.69) is 44.2 Å². The molecule has 114 valence electrons. The molecule has 0 N–H and O–H groups in total. The third-order valence-electron chi connectivity index (χ3n) is 3.35. The van der Waals surface area contributed by atoms with Crippen LogP contribution in [0.15, 0.2) is 30.3 Å². The van der Waals surface area contributed by atoms with E-state index < -0.39 is 9.28 Å². The van der Waals surface area contributed by atoms with E-state index in [1.807, 2.05) is 0 Å². The maximum absolute atomic E-state index is 6.05. The predicted octanol–water partition coefficient (Wildman–Crippen LogP) is 4.40. The zero-order chi connectivity index (χ0) is 14.5. The van der Waals surface area contributed by atoms with E-state index in [1.54, 1.807) is 0 Å². The number of benzene rings is 1. The van der Waals surface area contributed by atoms with Crippen LogP contribution in [-0.2, 0) is 14.9 Å². The first-order valence-electron chi connectivity index (χ1n) is 8.14. The monoisotopic (exact) mass is 294 g/mol. The van der Waals surface area contributed by atoms with Crippen LogP contribution in [0.3, 0.4) is 0 Å². The summed E-state index contributed by atoms with van der Waals surface area (Å²) < 4.78 is 12.1. The highest BCUT2D eigenvalue weighted by molar-refractivity contribution is 6.43. The van der Waals surface area contributed by atoms with Crippen LogP contribution in [0.2, 0.25) is 0 Å². The molecule has 0 aliphatic heterocycles. The van der Waals surface area contributed by atoms with Gasteiger partial charge in [0.2, 0.25) is 0 Å². The second kappa shape index (κ2) is 12.1. The lowest BCUT2D eigenvalue weighted by Gasteiger charge is -2.17. The molecule has 1 aromatic carbocycles. The van der Waals surface area contributed by atoms with Gasteiger partial charge in [0, 0.05) is 19.3 Å². The molecule has 1 rings (SSSR count). The zero-order valence-electron chi connectivity index (χ0n) is 13.1. The smallest absolute Gasteiger partial charge is 0.325 e. The molecular weight excluding hydrogens is 264 g/mol. The van der Waals surface area contributed by atoms with E-state index in [9.17, 15) is 0 Å². The van der Waals surface area contributed by atoms with Crippen molar-refractivity contribution in [2.45, 2.75) is 58.4 Å². The van der Waals surface area contributed by atoms with Gasteiger partial charge < -0.3 is 8.85 Å². The summed E-state index contributed by atoms with van der Waals surface area (Å²) in [4.78, 5) is 0. The van der Waals surface area contributed by atoms with Gasteiger partial charge in [0.05, 0.1) is 0 Å². The lowest BCUT2D eigenvalue weighted by atomic mass is 10.2. The van der Waals surface area contributed by atoms with Crippen molar-refractivity contribution in [2.75, 3.05) is 13.2 Å². The van der Waals surface area contributed by atoms with Gasteiger partial charge in [-0.05, 0) is 18.4 Å². The van der Waals surface area contributed by atoms with E-state index in [-0.39, 0.29) is 0 Å². The summed E-state index contributed by atoms with van der Waals surface area (Å²) in [5, 5.41) is 0. The van der Waals surface area contributed by atoms with Gasteiger partial charge in [0.15, 0.2) is 0 Å². The zero-order valence-corrected chi connectivity index (χ0v) is 14.3. The van der Waals surface area contributed by atoms with Gasteiger partial charge in [0.1, 0.15) is 0 Å². The maximum atomic E-state index is 6.05. The van der Waals surface area contributed by atoms with Crippen LogP contribution >= 0.6 is 0 Å². The van der Waals surface area contributed by atoms with Crippen LogP contribution < -0.4 is 0 Å². The summed E-state index contributed by atoms with van der Waals surface area (Å²) in [6.07, 6.45) is 7.31. The normalized spacial score (nSPS) is 11.2. The Labute approximate surface area is 126 Å². The summed E-state index contributed by atoms with van der Waals surface area (Å²) >= 11 is 0. The highest BCUT2D eigenvalue weighted by atomic mass is 28.3. The minimum absolute atomic E-state index is 0.866. The lowest BCUT2D eigenvalue weighted by Crippen LogP contribution is -2.27. The molecule has 0 amide bonds. The largest absolute Gasteiger partial charge is 0.396 e. The molecule has 0 saturated heterocycles. The highest BCUT2D eigenvalue weighted by Gasteiger charge is 2.14. The van der Waals surface area contributed by atoms with Gasteiger partial charge in [-0.15, -0.1) is 0 Å². The average Bonchev–Trinajstić information content (AvgIpc) is 2.49. The van der Waals surface area contributed by atoms with Gasteiger partial charge >= 0.3 is 9.28 Å². The van der Waals surface area contributed by atoms with E-state index >= 15 is 0 Å². The number of hydrogen-bond acceptors (Lipinski definition) is 2. The number of hydrogen-bond donors (Lipinski definition) is 0. The Morgan fingerprint density at radius 1 is 0.800 bits per heavy atom. The highest BCUT2D eigenvalue weighted by Crippen LogP contribution is 2.07. The van der Waals surface area contributed by atoms with Crippen molar-refractivity contribution >= 4 is 9.28 Å². The summed E-state index contributed by atoms with van der Waals surface area (Å²) in [6, 6.07) is 11.6. The molecule has 2 nitrogen and oxygen atoms in total. The molecule has 0 saturated carbocycles. The Hall–Kier alpha value is -0.643. The van der Waals surface area contributed by atoms with Gasteiger partial charge in [-0.25, -0.2) is 0 Å². The second-order valence-electron chi connectivity index (χ2n) is 5.28. The van der Waals surface area contributed by atoms with Crippen molar-refractivity contribution in [3.8, 4) is 0 Å². The Morgan fingerprint density at radius 2 is 1.35 bits per heavy atom. The van der Waals surface area contributed by atoms with Crippen molar-refractivity contribution in [3.05, 3.63) is 35.9 Å². The van der Waals surface area contributed by atoms with Crippen LogP contribution in [0.1, 0.15) is 57.9 Å². The van der Waals surface area contributed by atoms with Crippen molar-refractivity contribution < 1.29 is 8.85 Å². The quantitative estimate of drug-likeness (QED) is 0.420. The molecule has 0 spiro atoms. The van der Waals surface area contributed by atoms with E-state index in [0.29, 0.717) is 0 Å². The van der Waals surface area contributed by atoms with Crippen LogP contribution in [0.5, 0.6) is 0 Å². The van der Waals surface area contributed by atoms with Crippen LogP contribution in [-0.4, -0.2) is 22.5 Å². The minimum atomic E-state index is -1.55. The van der Waals surface area contributed by atoms with Crippen molar-refractivity contribution in [1.82, 2.24) is 0 Å². The van der Waals surface area contributed by atoms with E-state index in [4.69, 9.17) is 8.85 Å². The van der Waals surface area contributed by atoms with Crippen molar-refractivity contribution in [1.29, 1.82) is 0 Å². The first-order chi connectivity index (χ1) is 9.86. The number of rotatable bonds is 12. The molecule has 0 aliphatic rings. The molecule has 3 heteroatoms. The molecule has 1 aromatic rings. The van der Waals surface area contributed by atoms with E-state index in [0.717, 1.165) is 32.1 Å². The molecular formula is C17H30O2Si. The molecule has 0 bridgehead atoms. The standard InChI is InChI=1S/C17H30O2Si/c1-3-5-10-14-18-20(19-15-11-6-4-2)16-17-12-8-7-9-13-17/h7-9,12-13,20H,3-6,10-11,14-16H2,1-2H3. The molecule has 0 unspecified atom stereocenters. The molecule has 0 fully saturated rings. The fourth-order valence-electron chi connectivity index (χ4n) is 2.11. The fourth-order valence-corrected chi connectivity index (χ4v) is 3.95. The summed E-state index contributed by atoms with van der Waals surface area (Å²) in [7, 11) is -1.55. The van der Waals surface area contributed by atoms with Crippen LogP contribution in [0.4, 0.5) is 0 Å². The maximum Gasteiger partial charge on any atom is 0.325 e. The van der Waals surface area contributed by atoms with Gasteiger partial charge in [-0.1, -0.05) is 69.9 Å². The second-order valence-corrected chi connectivity index (χ2v) is 7.21. The molecule has 0 radical (unpaired) electrons. The fraction of sp³-hybridized carbons (Fsp3) is 0.647. The minimum Gasteiger partial charge on any atom is -0.396 e. The lowest BCUT2D eigenvalue weighted by molar-refractivity contribution is 0.189. The van der Waals surface area contributed by atoms with E-state index in [1.165, 1.54) is 31.2 Å². The Balaban J connectivity index is 2.33. The Morgan fingerprint density at radius 3 is 1.85 bits per heavy atom. The summed E-state index contributed by atoms with van der Waals surface area (Å²) in [5.74, 6) is 0. The third kappa shape index (κ3) is 8.51. The van der Waals surface area contributed by atoms with Crippen LogP contribution in [0, 0.1) is 0 Å². The topological polar surface area (TPSA) is 18.5 Å². The first-order valence-corrected chi connectivity index (χ1v) is 9.89. The molecule has 0 aromatic heterocycles. The molecule has 0 atom stereocenters. The molecule has 20 heavy (non-hydrogen) atoms. The first kappa shape index (κ1) is 17.4. The van der Waals surface area contributed by atoms with Gasteiger partial charge in [0.25, 0.3) is 0 Å². The molecule has 0 aliphatic carbocycles. The summed E-state index contributed by atoms with van der Waals surface area (Å²) in [6.45, 7) is 6.18. The van der Waals surface area contributed by atoms with Crippen molar-refractivity contribution in [3.63, 3.8) is 0 Å². The van der Waals surface area contributed by atoms with Crippen molar-refractivity contribution in [2.24, 2.45) is 0 Å². The molecule has 0 heterocycles. The SMILES string of the molecule is CCCCCO[SiH](Cc1ccccc1)OCCCCC. The summed E-state index contributed by atoms with van der Waals surface area (Å²) in [5.41, 5.74) is 1.34. The van der Waals surface area contributed by atoms with Crippen LogP contribution in [0.25, 0.3) is 0 Å². The average molecular weight is 295 g/mol. The van der Waals surface area contributed by atoms with Gasteiger partial charge in [-0.2, -0.15) is 0 Å². The predicted molar refractivity (Wildman–Crippen MR) is 88.2 cm³/mol.